The van der Waals surface area contributed by atoms with Crippen molar-refractivity contribution in [2.75, 3.05) is 51.2 Å². The number of hydrogen-bond acceptors (Lipinski definition) is 4. The minimum absolute atomic E-state index is 0.257. The lowest BCUT2D eigenvalue weighted by atomic mass is 10.1. The molecule has 0 unspecified atom stereocenters. The van der Waals surface area contributed by atoms with Crippen LogP contribution in [-0.4, -0.2) is 74.4 Å². The first-order chi connectivity index (χ1) is 13.3. The van der Waals surface area contributed by atoms with Crippen molar-refractivity contribution in [1.82, 2.24) is 20.5 Å². The van der Waals surface area contributed by atoms with Crippen LogP contribution in [0.15, 0.2) is 23.2 Å². The largest absolute Gasteiger partial charge is 0.401 e. The van der Waals surface area contributed by atoms with E-state index in [9.17, 15) is 13.2 Å². The normalized spacial score (nSPS) is 16.5. The fraction of sp³-hybridized carbons (Fsp3) is 0.684. The summed E-state index contributed by atoms with van der Waals surface area (Å²) in [5, 5.41) is 6.59. The van der Waals surface area contributed by atoms with Gasteiger partial charge < -0.3 is 15.5 Å². The molecule has 1 saturated heterocycles. The van der Waals surface area contributed by atoms with E-state index in [0.717, 1.165) is 37.4 Å². The maximum atomic E-state index is 12.4. The standard InChI is InChI=1S/C19H31F3N6/c1-4-23-18(24-10-13-27(3)14-19(20,21)22)26-16-8-11-28(12-9-16)17-7-5-6-15(2)25-17/h5-7,16H,4,8-14H2,1-3H3,(H2,23,24,26). The van der Waals surface area contributed by atoms with Gasteiger partial charge in [0, 0.05) is 37.9 Å². The van der Waals surface area contributed by atoms with E-state index in [1.54, 1.807) is 0 Å². The Morgan fingerprint density at radius 1 is 1.32 bits per heavy atom. The molecule has 1 aliphatic heterocycles. The highest BCUT2D eigenvalue weighted by molar-refractivity contribution is 5.80. The van der Waals surface area contributed by atoms with E-state index in [1.807, 2.05) is 32.0 Å². The van der Waals surface area contributed by atoms with Crippen LogP contribution in [0.25, 0.3) is 0 Å². The lowest BCUT2D eigenvalue weighted by Gasteiger charge is -2.34. The molecule has 1 aromatic heterocycles. The minimum Gasteiger partial charge on any atom is -0.357 e. The Bertz CT molecular complexity index is 626. The number of piperidine rings is 1. The summed E-state index contributed by atoms with van der Waals surface area (Å²) in [5.74, 6) is 1.67. The van der Waals surface area contributed by atoms with E-state index in [0.29, 0.717) is 19.0 Å². The first kappa shape index (κ1) is 22.3. The number of hydrogen-bond donors (Lipinski definition) is 2. The van der Waals surface area contributed by atoms with Crippen LogP contribution in [0.1, 0.15) is 25.5 Å². The number of aryl methyl sites for hydroxylation is 1. The fourth-order valence-corrected chi connectivity index (χ4v) is 3.19. The van der Waals surface area contributed by atoms with Crippen molar-refractivity contribution in [3.05, 3.63) is 23.9 Å². The highest BCUT2D eigenvalue weighted by atomic mass is 19.4. The molecule has 2 rings (SSSR count). The summed E-state index contributed by atoms with van der Waals surface area (Å²) in [7, 11) is 1.46. The molecule has 0 radical (unpaired) electrons. The molecule has 0 bridgehead atoms. The Hall–Kier alpha value is -2.03. The number of alkyl halides is 3. The van der Waals surface area contributed by atoms with E-state index in [-0.39, 0.29) is 12.6 Å². The maximum absolute atomic E-state index is 12.4. The van der Waals surface area contributed by atoms with Gasteiger partial charge in [0.05, 0.1) is 13.1 Å². The van der Waals surface area contributed by atoms with Gasteiger partial charge in [-0.15, -0.1) is 0 Å². The van der Waals surface area contributed by atoms with Crippen molar-refractivity contribution in [1.29, 1.82) is 0 Å². The molecule has 0 aromatic carbocycles. The van der Waals surface area contributed by atoms with Crippen molar-refractivity contribution in [2.24, 2.45) is 4.99 Å². The van der Waals surface area contributed by atoms with Crippen LogP contribution in [0.5, 0.6) is 0 Å². The van der Waals surface area contributed by atoms with Gasteiger partial charge in [-0.3, -0.25) is 9.89 Å². The number of anilines is 1. The molecule has 6 nitrogen and oxygen atoms in total. The molecule has 0 amide bonds. The summed E-state index contributed by atoms with van der Waals surface area (Å²) in [6.45, 7) is 6.13. The Kier molecular flexibility index (Phi) is 8.35. The van der Waals surface area contributed by atoms with Crippen LogP contribution in [0, 0.1) is 6.92 Å². The predicted octanol–water partition coefficient (Wildman–Crippen LogP) is 2.41. The number of halogens is 3. The number of pyridine rings is 1. The third kappa shape index (κ3) is 7.92. The summed E-state index contributed by atoms with van der Waals surface area (Å²) < 4.78 is 37.2. The SMILES string of the molecule is CCNC(=NCCN(C)CC(F)(F)F)NC1CCN(c2cccc(C)n2)CC1. The van der Waals surface area contributed by atoms with Crippen molar-refractivity contribution in [3.63, 3.8) is 0 Å². The van der Waals surface area contributed by atoms with Crippen LogP contribution < -0.4 is 15.5 Å². The van der Waals surface area contributed by atoms with Crippen LogP contribution in [0.3, 0.4) is 0 Å². The Morgan fingerprint density at radius 3 is 2.64 bits per heavy atom. The van der Waals surface area contributed by atoms with Gasteiger partial charge in [0.25, 0.3) is 0 Å². The van der Waals surface area contributed by atoms with Crippen molar-refractivity contribution >= 4 is 11.8 Å². The quantitative estimate of drug-likeness (QED) is 0.544. The summed E-state index contributed by atoms with van der Waals surface area (Å²) in [4.78, 5) is 12.5. The minimum atomic E-state index is -4.18. The first-order valence-corrected chi connectivity index (χ1v) is 9.75. The molecule has 0 saturated carbocycles. The Balaban J connectivity index is 1.81. The Labute approximate surface area is 165 Å². The Morgan fingerprint density at radius 2 is 2.04 bits per heavy atom. The number of aromatic nitrogens is 1. The molecule has 0 aliphatic carbocycles. The molecule has 1 aliphatic rings. The monoisotopic (exact) mass is 400 g/mol. The molecule has 1 fully saturated rings. The second-order valence-corrected chi connectivity index (χ2v) is 7.16. The average Bonchev–Trinajstić information content (AvgIpc) is 2.61. The number of aliphatic imine (C=N–C) groups is 1. The van der Waals surface area contributed by atoms with Gasteiger partial charge in [-0.1, -0.05) is 6.07 Å². The smallest absolute Gasteiger partial charge is 0.357 e. The summed E-state index contributed by atoms with van der Waals surface area (Å²) in [6.07, 6.45) is -2.27. The molecule has 0 atom stereocenters. The van der Waals surface area contributed by atoms with Gasteiger partial charge in [-0.2, -0.15) is 13.2 Å². The van der Waals surface area contributed by atoms with E-state index >= 15 is 0 Å². The molecule has 2 heterocycles. The summed E-state index contributed by atoms with van der Waals surface area (Å²) >= 11 is 0. The van der Waals surface area contributed by atoms with E-state index in [2.05, 4.69) is 25.5 Å². The fourth-order valence-electron chi connectivity index (χ4n) is 3.19. The van der Waals surface area contributed by atoms with Crippen LogP contribution in [0.4, 0.5) is 19.0 Å². The highest BCUT2D eigenvalue weighted by Gasteiger charge is 2.28. The second-order valence-electron chi connectivity index (χ2n) is 7.16. The van der Waals surface area contributed by atoms with Crippen molar-refractivity contribution in [2.45, 2.75) is 38.9 Å². The zero-order chi connectivity index (χ0) is 20.6. The average molecular weight is 400 g/mol. The third-order valence-corrected chi connectivity index (χ3v) is 4.58. The van der Waals surface area contributed by atoms with Gasteiger partial charge in [0.2, 0.25) is 0 Å². The summed E-state index contributed by atoms with van der Waals surface area (Å²) in [6, 6.07) is 6.33. The zero-order valence-corrected chi connectivity index (χ0v) is 16.9. The molecule has 1 aromatic rings. The number of rotatable bonds is 7. The van der Waals surface area contributed by atoms with Crippen LogP contribution in [-0.2, 0) is 0 Å². The van der Waals surface area contributed by atoms with Gasteiger partial charge >= 0.3 is 6.18 Å². The maximum Gasteiger partial charge on any atom is 0.401 e. The first-order valence-electron chi connectivity index (χ1n) is 9.75. The predicted molar refractivity (Wildman–Crippen MR) is 107 cm³/mol. The van der Waals surface area contributed by atoms with Crippen molar-refractivity contribution in [3.8, 4) is 0 Å². The molecule has 9 heteroatoms. The van der Waals surface area contributed by atoms with E-state index in [1.165, 1.54) is 11.9 Å². The molecule has 28 heavy (non-hydrogen) atoms. The van der Waals surface area contributed by atoms with Crippen LogP contribution in [0.2, 0.25) is 0 Å². The molecule has 0 spiro atoms. The lowest BCUT2D eigenvalue weighted by Crippen LogP contribution is -2.49. The lowest BCUT2D eigenvalue weighted by molar-refractivity contribution is -0.142. The number of nitrogens with one attached hydrogen (secondary N) is 2. The highest BCUT2D eigenvalue weighted by Crippen LogP contribution is 2.18. The van der Waals surface area contributed by atoms with Crippen molar-refractivity contribution < 1.29 is 13.2 Å². The van der Waals surface area contributed by atoms with Gasteiger partial charge in [-0.05, 0) is 45.9 Å². The molecular formula is C19H31F3N6. The molecule has 2 N–H and O–H groups in total. The summed E-state index contributed by atoms with van der Waals surface area (Å²) in [5.41, 5.74) is 1.01. The number of nitrogens with zero attached hydrogens (tertiary/aromatic N) is 4. The van der Waals surface area contributed by atoms with Gasteiger partial charge in [0.15, 0.2) is 5.96 Å². The topological polar surface area (TPSA) is 55.8 Å². The molecular weight excluding hydrogens is 369 g/mol. The second kappa shape index (κ2) is 10.5. The third-order valence-electron chi connectivity index (χ3n) is 4.58. The number of likely N-dealkylation sites (N-methyl/N-ethyl adjacent to an activating group) is 1. The number of guanidine groups is 1. The van der Waals surface area contributed by atoms with Gasteiger partial charge in [0.1, 0.15) is 5.82 Å². The van der Waals surface area contributed by atoms with Gasteiger partial charge in [-0.25, -0.2) is 4.98 Å². The van der Waals surface area contributed by atoms with E-state index < -0.39 is 12.7 Å². The zero-order valence-electron chi connectivity index (χ0n) is 16.9. The molecule has 158 valence electrons. The van der Waals surface area contributed by atoms with Crippen LogP contribution >= 0.6 is 0 Å². The van der Waals surface area contributed by atoms with E-state index in [4.69, 9.17) is 0 Å².